The fourth-order valence-electron chi connectivity index (χ4n) is 2.29. The van der Waals surface area contributed by atoms with Gasteiger partial charge in [0.2, 0.25) is 0 Å². The maximum absolute atomic E-state index is 5.53. The van der Waals surface area contributed by atoms with Gasteiger partial charge in [0.15, 0.2) is 0 Å². The van der Waals surface area contributed by atoms with E-state index in [1.807, 2.05) is 7.05 Å². The molecular weight excluding hydrogens is 162 g/mol. The van der Waals surface area contributed by atoms with Crippen LogP contribution in [0.2, 0.25) is 0 Å². The van der Waals surface area contributed by atoms with Crippen molar-refractivity contribution in [2.45, 2.75) is 32.7 Å². The van der Waals surface area contributed by atoms with Crippen LogP contribution < -0.4 is 5.32 Å². The van der Waals surface area contributed by atoms with Crippen LogP contribution in [0.15, 0.2) is 16.7 Å². The topological polar surface area (TPSA) is 25.2 Å². The average Bonchev–Trinajstić information content (AvgIpc) is 2.50. The molecule has 1 aliphatic carbocycles. The van der Waals surface area contributed by atoms with Crippen molar-refractivity contribution in [3.63, 3.8) is 0 Å². The minimum absolute atomic E-state index is 0.305. The molecule has 72 valence electrons. The van der Waals surface area contributed by atoms with Gasteiger partial charge >= 0.3 is 0 Å². The first-order valence-electron chi connectivity index (χ1n) is 4.88. The van der Waals surface area contributed by atoms with E-state index in [4.69, 9.17) is 4.42 Å². The molecule has 0 spiro atoms. The Morgan fingerprint density at radius 2 is 2.31 bits per heavy atom. The number of rotatable bonds is 1. The molecule has 1 unspecified atom stereocenters. The van der Waals surface area contributed by atoms with Gasteiger partial charge in [-0.1, -0.05) is 13.8 Å². The molecule has 1 aromatic heterocycles. The summed E-state index contributed by atoms with van der Waals surface area (Å²) in [7, 11) is 2.00. The molecule has 0 aliphatic heterocycles. The van der Waals surface area contributed by atoms with Gasteiger partial charge in [-0.2, -0.15) is 0 Å². The Hall–Kier alpha value is -0.760. The van der Waals surface area contributed by atoms with Gasteiger partial charge in [-0.05, 0) is 36.9 Å². The normalized spacial score (nSPS) is 25.6. The Balaban J connectivity index is 2.41. The van der Waals surface area contributed by atoms with Gasteiger partial charge < -0.3 is 9.73 Å². The summed E-state index contributed by atoms with van der Waals surface area (Å²) in [5.74, 6) is 1.14. The molecule has 0 aromatic carbocycles. The first kappa shape index (κ1) is 8.82. The third-order valence-corrected chi connectivity index (χ3v) is 3.15. The molecule has 2 nitrogen and oxygen atoms in total. The fourth-order valence-corrected chi connectivity index (χ4v) is 2.29. The van der Waals surface area contributed by atoms with Crippen molar-refractivity contribution in [2.75, 3.05) is 7.05 Å². The summed E-state index contributed by atoms with van der Waals surface area (Å²) in [6.45, 7) is 4.58. The Kier molecular flexibility index (Phi) is 1.95. The lowest BCUT2D eigenvalue weighted by atomic mass is 9.73. The van der Waals surface area contributed by atoms with E-state index in [1.54, 1.807) is 6.26 Å². The number of furan rings is 1. The molecule has 1 atom stereocenters. The van der Waals surface area contributed by atoms with Crippen LogP contribution in [0.3, 0.4) is 0 Å². The highest BCUT2D eigenvalue weighted by Crippen LogP contribution is 2.43. The van der Waals surface area contributed by atoms with E-state index in [0.29, 0.717) is 11.5 Å². The van der Waals surface area contributed by atoms with Crippen LogP contribution in [0, 0.1) is 5.41 Å². The Morgan fingerprint density at radius 3 is 3.00 bits per heavy atom. The Bertz CT molecular complexity index is 301. The number of nitrogens with one attached hydrogen (secondary N) is 1. The van der Waals surface area contributed by atoms with E-state index in [9.17, 15) is 0 Å². The van der Waals surface area contributed by atoms with Crippen molar-refractivity contribution in [3.05, 3.63) is 23.7 Å². The molecule has 0 amide bonds. The Morgan fingerprint density at radius 1 is 1.54 bits per heavy atom. The van der Waals surface area contributed by atoms with Crippen LogP contribution in [0.4, 0.5) is 0 Å². The van der Waals surface area contributed by atoms with Crippen molar-refractivity contribution in [1.82, 2.24) is 5.32 Å². The lowest BCUT2D eigenvalue weighted by Crippen LogP contribution is -2.35. The molecule has 1 aromatic rings. The summed E-state index contributed by atoms with van der Waals surface area (Å²) in [5.41, 5.74) is 1.68. The number of fused-ring (bicyclic) bond motifs is 1. The van der Waals surface area contributed by atoms with Gasteiger partial charge in [-0.3, -0.25) is 0 Å². The van der Waals surface area contributed by atoms with Crippen molar-refractivity contribution in [1.29, 1.82) is 0 Å². The predicted molar refractivity (Wildman–Crippen MR) is 52.6 cm³/mol. The smallest absolute Gasteiger partial charge is 0.124 e. The van der Waals surface area contributed by atoms with Crippen LogP contribution in [0.25, 0.3) is 0 Å². The van der Waals surface area contributed by atoms with Gasteiger partial charge in [0.1, 0.15) is 5.76 Å². The highest BCUT2D eigenvalue weighted by atomic mass is 16.3. The van der Waals surface area contributed by atoms with Crippen LogP contribution in [0.5, 0.6) is 0 Å². The van der Waals surface area contributed by atoms with Crippen molar-refractivity contribution in [3.8, 4) is 0 Å². The molecule has 1 N–H and O–H groups in total. The molecule has 0 saturated carbocycles. The van der Waals surface area contributed by atoms with E-state index in [0.717, 1.165) is 12.2 Å². The summed E-state index contributed by atoms with van der Waals surface area (Å²) < 4.78 is 5.53. The summed E-state index contributed by atoms with van der Waals surface area (Å²) in [6, 6.07) is 2.46. The van der Waals surface area contributed by atoms with E-state index >= 15 is 0 Å². The number of hydrogen-bond acceptors (Lipinski definition) is 2. The lowest BCUT2D eigenvalue weighted by molar-refractivity contribution is 0.190. The number of hydrogen-bond donors (Lipinski definition) is 1. The molecule has 0 fully saturated rings. The largest absolute Gasteiger partial charge is 0.467 e. The molecule has 0 saturated heterocycles. The molecule has 0 radical (unpaired) electrons. The van der Waals surface area contributed by atoms with E-state index in [2.05, 4.69) is 25.2 Å². The zero-order valence-corrected chi connectivity index (χ0v) is 8.55. The lowest BCUT2D eigenvalue weighted by Gasteiger charge is -2.37. The second kappa shape index (κ2) is 2.88. The highest BCUT2D eigenvalue weighted by molar-refractivity contribution is 5.25. The second-order valence-electron chi connectivity index (χ2n) is 4.52. The standard InChI is InChI=1S/C11H17NO/c1-11(2)6-4-8-5-7-13-9(8)10(11)12-3/h5,7,10,12H,4,6H2,1-3H3. The van der Waals surface area contributed by atoms with Crippen molar-refractivity contribution < 1.29 is 4.42 Å². The first-order valence-corrected chi connectivity index (χ1v) is 4.88. The third kappa shape index (κ3) is 1.29. The highest BCUT2D eigenvalue weighted by Gasteiger charge is 2.36. The summed E-state index contributed by atoms with van der Waals surface area (Å²) >= 11 is 0. The van der Waals surface area contributed by atoms with Crippen molar-refractivity contribution >= 4 is 0 Å². The molecule has 1 aliphatic rings. The fraction of sp³-hybridized carbons (Fsp3) is 0.636. The zero-order chi connectivity index (χ0) is 9.47. The van der Waals surface area contributed by atoms with E-state index < -0.39 is 0 Å². The average molecular weight is 179 g/mol. The SMILES string of the molecule is CNC1c2occc2CCC1(C)C. The quantitative estimate of drug-likeness (QED) is 0.716. The molecule has 0 bridgehead atoms. The van der Waals surface area contributed by atoms with Gasteiger partial charge in [-0.15, -0.1) is 0 Å². The monoisotopic (exact) mass is 179 g/mol. The maximum Gasteiger partial charge on any atom is 0.124 e. The molecular formula is C11H17NO. The van der Waals surface area contributed by atoms with Crippen LogP contribution in [-0.2, 0) is 6.42 Å². The molecule has 1 heterocycles. The Labute approximate surface area is 79.3 Å². The summed E-state index contributed by atoms with van der Waals surface area (Å²) in [5, 5.41) is 3.34. The summed E-state index contributed by atoms with van der Waals surface area (Å²) in [4.78, 5) is 0. The van der Waals surface area contributed by atoms with E-state index in [-0.39, 0.29) is 0 Å². The molecule has 2 rings (SSSR count). The van der Waals surface area contributed by atoms with Gasteiger partial charge in [0.05, 0.1) is 12.3 Å². The third-order valence-electron chi connectivity index (χ3n) is 3.15. The van der Waals surface area contributed by atoms with Crippen LogP contribution >= 0.6 is 0 Å². The van der Waals surface area contributed by atoms with E-state index in [1.165, 1.54) is 12.0 Å². The maximum atomic E-state index is 5.53. The van der Waals surface area contributed by atoms with Gasteiger partial charge in [-0.25, -0.2) is 0 Å². The second-order valence-corrected chi connectivity index (χ2v) is 4.52. The molecule has 2 heteroatoms. The van der Waals surface area contributed by atoms with Crippen molar-refractivity contribution in [2.24, 2.45) is 5.41 Å². The minimum Gasteiger partial charge on any atom is -0.467 e. The minimum atomic E-state index is 0.305. The number of aryl methyl sites for hydroxylation is 1. The van der Waals surface area contributed by atoms with Crippen LogP contribution in [0.1, 0.15) is 37.6 Å². The summed E-state index contributed by atoms with van der Waals surface area (Å²) in [6.07, 6.45) is 4.18. The first-order chi connectivity index (χ1) is 6.15. The van der Waals surface area contributed by atoms with Gasteiger partial charge in [0, 0.05) is 0 Å². The van der Waals surface area contributed by atoms with Gasteiger partial charge in [0.25, 0.3) is 0 Å². The molecule has 13 heavy (non-hydrogen) atoms. The zero-order valence-electron chi connectivity index (χ0n) is 8.55. The van der Waals surface area contributed by atoms with Crippen LogP contribution in [-0.4, -0.2) is 7.05 Å². The predicted octanol–water partition coefficient (Wildman–Crippen LogP) is 2.51.